The molecule has 0 atom stereocenters. The molecule has 3 aromatic rings. The molecule has 3 rings (SSSR count). The SMILES string of the molecule is O=C(CSc1ncccn1)NCc1cc(-c2ccco2)on1. The summed E-state index contributed by atoms with van der Waals surface area (Å²) in [7, 11) is 0. The van der Waals surface area contributed by atoms with Gasteiger partial charge in [-0.05, 0) is 18.2 Å². The number of hydrogen-bond acceptors (Lipinski definition) is 7. The van der Waals surface area contributed by atoms with Crippen molar-refractivity contribution in [3.63, 3.8) is 0 Å². The van der Waals surface area contributed by atoms with E-state index < -0.39 is 0 Å². The van der Waals surface area contributed by atoms with Gasteiger partial charge in [-0.2, -0.15) is 0 Å². The summed E-state index contributed by atoms with van der Waals surface area (Å²) in [6.07, 6.45) is 4.83. The number of nitrogens with one attached hydrogen (secondary N) is 1. The van der Waals surface area contributed by atoms with Gasteiger partial charge in [-0.25, -0.2) is 9.97 Å². The summed E-state index contributed by atoms with van der Waals surface area (Å²) in [5.41, 5.74) is 0.626. The molecule has 0 bridgehead atoms. The monoisotopic (exact) mass is 316 g/mol. The van der Waals surface area contributed by atoms with Crippen LogP contribution < -0.4 is 5.32 Å². The normalized spacial score (nSPS) is 10.5. The van der Waals surface area contributed by atoms with Crippen molar-refractivity contribution in [2.24, 2.45) is 0 Å². The van der Waals surface area contributed by atoms with Gasteiger partial charge in [0.05, 0.1) is 18.6 Å². The van der Waals surface area contributed by atoms with Crippen LogP contribution in [0.1, 0.15) is 5.69 Å². The lowest BCUT2D eigenvalue weighted by Gasteiger charge is -2.01. The molecule has 1 amide bonds. The molecule has 8 heteroatoms. The Kier molecular flexibility index (Phi) is 4.50. The minimum absolute atomic E-state index is 0.125. The zero-order valence-electron chi connectivity index (χ0n) is 11.4. The van der Waals surface area contributed by atoms with Gasteiger partial charge in [0, 0.05) is 18.5 Å². The zero-order valence-corrected chi connectivity index (χ0v) is 12.2. The van der Waals surface area contributed by atoms with Crippen LogP contribution in [0.25, 0.3) is 11.5 Å². The molecule has 0 aliphatic carbocycles. The molecule has 3 heterocycles. The molecule has 0 saturated carbocycles. The fraction of sp³-hybridized carbons (Fsp3) is 0.143. The van der Waals surface area contributed by atoms with E-state index in [9.17, 15) is 4.79 Å². The van der Waals surface area contributed by atoms with Crippen LogP contribution in [0.15, 0.2) is 57.0 Å². The molecule has 1 N–H and O–H groups in total. The molecular formula is C14H12N4O3S. The summed E-state index contributed by atoms with van der Waals surface area (Å²) in [6, 6.07) is 7.00. The lowest BCUT2D eigenvalue weighted by Crippen LogP contribution is -2.24. The first-order valence-electron chi connectivity index (χ1n) is 6.47. The third-order valence-electron chi connectivity index (χ3n) is 2.66. The van der Waals surface area contributed by atoms with Gasteiger partial charge in [0.2, 0.25) is 11.7 Å². The van der Waals surface area contributed by atoms with Crippen LogP contribution in [0.2, 0.25) is 0 Å². The second kappa shape index (κ2) is 6.90. The average molecular weight is 316 g/mol. The van der Waals surface area contributed by atoms with Gasteiger partial charge in [-0.15, -0.1) is 0 Å². The molecule has 0 spiro atoms. The van der Waals surface area contributed by atoms with Gasteiger partial charge < -0.3 is 14.3 Å². The Morgan fingerprint density at radius 1 is 1.23 bits per heavy atom. The number of carbonyl (C=O) groups excluding carboxylic acids is 1. The molecule has 3 aromatic heterocycles. The van der Waals surface area contributed by atoms with Crippen LogP contribution in [0.5, 0.6) is 0 Å². The fourth-order valence-electron chi connectivity index (χ4n) is 1.66. The third-order valence-corrected chi connectivity index (χ3v) is 3.54. The molecule has 0 saturated heterocycles. The topological polar surface area (TPSA) is 94.1 Å². The number of hydrogen-bond donors (Lipinski definition) is 1. The summed E-state index contributed by atoms with van der Waals surface area (Å²) in [5, 5.41) is 7.21. The summed E-state index contributed by atoms with van der Waals surface area (Å²) in [6.45, 7) is 0.291. The van der Waals surface area contributed by atoms with E-state index in [1.807, 2.05) is 0 Å². The summed E-state index contributed by atoms with van der Waals surface area (Å²) >= 11 is 1.27. The van der Waals surface area contributed by atoms with Crippen LogP contribution in [-0.2, 0) is 11.3 Å². The maximum atomic E-state index is 11.8. The van der Waals surface area contributed by atoms with Crippen LogP contribution in [0.3, 0.4) is 0 Å². The van der Waals surface area contributed by atoms with E-state index in [0.717, 1.165) is 0 Å². The van der Waals surface area contributed by atoms with Gasteiger partial charge in [0.1, 0.15) is 5.69 Å². The van der Waals surface area contributed by atoms with E-state index in [1.165, 1.54) is 11.8 Å². The van der Waals surface area contributed by atoms with Crippen molar-refractivity contribution in [1.29, 1.82) is 0 Å². The lowest BCUT2D eigenvalue weighted by atomic mass is 10.3. The number of nitrogens with zero attached hydrogens (tertiary/aromatic N) is 3. The maximum Gasteiger partial charge on any atom is 0.230 e. The van der Waals surface area contributed by atoms with Crippen LogP contribution >= 0.6 is 11.8 Å². The minimum Gasteiger partial charge on any atom is -0.461 e. The van der Waals surface area contributed by atoms with Crippen molar-refractivity contribution in [2.75, 3.05) is 5.75 Å². The van der Waals surface area contributed by atoms with Gasteiger partial charge in [-0.1, -0.05) is 16.9 Å². The van der Waals surface area contributed by atoms with Gasteiger partial charge >= 0.3 is 0 Å². The highest BCUT2D eigenvalue weighted by atomic mass is 32.2. The van der Waals surface area contributed by atoms with E-state index in [4.69, 9.17) is 8.94 Å². The van der Waals surface area contributed by atoms with Gasteiger partial charge in [-0.3, -0.25) is 4.79 Å². The highest BCUT2D eigenvalue weighted by Gasteiger charge is 2.10. The highest BCUT2D eigenvalue weighted by molar-refractivity contribution is 7.99. The minimum atomic E-state index is -0.125. The standard InChI is InChI=1S/C14H12N4O3S/c19-13(9-22-14-15-4-2-5-16-14)17-8-10-7-12(21-18-10)11-3-1-6-20-11/h1-7H,8-9H2,(H,17,19). The third kappa shape index (κ3) is 3.73. The molecule has 0 fully saturated rings. The molecule has 0 radical (unpaired) electrons. The molecule has 0 aromatic carbocycles. The van der Waals surface area contributed by atoms with Crippen molar-refractivity contribution < 1.29 is 13.7 Å². The number of aromatic nitrogens is 3. The second-order valence-corrected chi connectivity index (χ2v) is 5.20. The number of thioether (sulfide) groups is 1. The van der Waals surface area contributed by atoms with Crippen molar-refractivity contribution >= 4 is 17.7 Å². The van der Waals surface area contributed by atoms with Crippen LogP contribution in [0, 0.1) is 0 Å². The van der Waals surface area contributed by atoms with Crippen LogP contribution in [0.4, 0.5) is 0 Å². The molecular weight excluding hydrogens is 304 g/mol. The molecule has 7 nitrogen and oxygen atoms in total. The first kappa shape index (κ1) is 14.3. The highest BCUT2D eigenvalue weighted by Crippen LogP contribution is 2.20. The Hall–Kier alpha value is -2.61. The van der Waals surface area contributed by atoms with Crippen LogP contribution in [-0.4, -0.2) is 26.8 Å². The van der Waals surface area contributed by atoms with E-state index in [-0.39, 0.29) is 11.7 Å². The first-order valence-corrected chi connectivity index (χ1v) is 7.46. The molecule has 22 heavy (non-hydrogen) atoms. The number of carbonyl (C=O) groups is 1. The summed E-state index contributed by atoms with van der Waals surface area (Å²) < 4.78 is 10.4. The predicted octanol–water partition coefficient (Wildman–Crippen LogP) is 2.13. The molecule has 112 valence electrons. The predicted molar refractivity (Wildman–Crippen MR) is 78.8 cm³/mol. The van der Waals surface area contributed by atoms with Crippen molar-refractivity contribution in [3.8, 4) is 11.5 Å². The Bertz CT molecular complexity index is 728. The quantitative estimate of drug-likeness (QED) is 0.550. The fourth-order valence-corrected chi connectivity index (χ4v) is 2.29. The van der Waals surface area contributed by atoms with E-state index in [0.29, 0.717) is 28.9 Å². The lowest BCUT2D eigenvalue weighted by molar-refractivity contribution is -0.118. The van der Waals surface area contributed by atoms with Gasteiger partial charge in [0.25, 0.3) is 0 Å². The van der Waals surface area contributed by atoms with Crippen molar-refractivity contribution in [1.82, 2.24) is 20.4 Å². The summed E-state index contributed by atoms with van der Waals surface area (Å²) in [4.78, 5) is 19.8. The molecule has 0 aliphatic rings. The number of amides is 1. The molecule has 0 unspecified atom stereocenters. The maximum absolute atomic E-state index is 11.8. The number of furan rings is 1. The molecule has 0 aliphatic heterocycles. The van der Waals surface area contributed by atoms with E-state index in [2.05, 4.69) is 20.4 Å². The van der Waals surface area contributed by atoms with Crippen molar-refractivity contribution in [3.05, 3.63) is 48.6 Å². The Labute approximate surface area is 130 Å². The summed E-state index contributed by atoms with van der Waals surface area (Å²) in [5.74, 6) is 1.25. The Balaban J connectivity index is 1.47. The van der Waals surface area contributed by atoms with Crippen molar-refractivity contribution in [2.45, 2.75) is 11.7 Å². The largest absolute Gasteiger partial charge is 0.461 e. The zero-order chi connectivity index (χ0) is 15.2. The Morgan fingerprint density at radius 3 is 2.86 bits per heavy atom. The average Bonchev–Trinajstić information content (AvgIpc) is 3.22. The smallest absolute Gasteiger partial charge is 0.230 e. The number of rotatable bonds is 6. The van der Waals surface area contributed by atoms with E-state index in [1.54, 1.807) is 42.9 Å². The first-order chi connectivity index (χ1) is 10.8. The second-order valence-electron chi connectivity index (χ2n) is 4.26. The van der Waals surface area contributed by atoms with Gasteiger partial charge in [0.15, 0.2) is 10.9 Å². The Morgan fingerprint density at radius 2 is 2.09 bits per heavy atom. The van der Waals surface area contributed by atoms with E-state index >= 15 is 0 Å².